The van der Waals surface area contributed by atoms with Gasteiger partial charge in [-0.3, -0.25) is 4.98 Å². The molecule has 116 valence electrons. The number of H-pyrrole nitrogens is 1. The largest absolute Gasteiger partial charge is 0.361 e. The fourth-order valence-corrected chi connectivity index (χ4v) is 1.82. The van der Waals surface area contributed by atoms with E-state index in [1.807, 2.05) is 30.5 Å². The van der Waals surface area contributed by atoms with E-state index in [0.29, 0.717) is 0 Å². The predicted octanol–water partition coefficient (Wildman–Crippen LogP) is 1.54. The number of aromatic amines is 1. The Morgan fingerprint density at radius 2 is 2.00 bits per heavy atom. The number of nitrogens with two attached hydrogens (primary N) is 1. The molecule has 2 aromatic heterocycles. The van der Waals surface area contributed by atoms with Gasteiger partial charge in [0.2, 0.25) is 0 Å². The van der Waals surface area contributed by atoms with Crippen molar-refractivity contribution in [2.75, 3.05) is 19.7 Å². The van der Waals surface area contributed by atoms with Crippen molar-refractivity contribution < 1.29 is 4.74 Å². The second-order valence-electron chi connectivity index (χ2n) is 4.57. The molecule has 22 heavy (non-hydrogen) atoms. The lowest BCUT2D eigenvalue weighted by Gasteiger charge is -2.18. The third kappa shape index (κ3) is 6.01. The quantitative estimate of drug-likeness (QED) is 0.586. The van der Waals surface area contributed by atoms with Crippen LogP contribution in [0.5, 0.6) is 0 Å². The molecule has 1 fully saturated rings. The number of hydrogen-bond donors (Lipinski definition) is 3. The zero-order valence-electron chi connectivity index (χ0n) is 12.4. The van der Waals surface area contributed by atoms with Gasteiger partial charge in [0.1, 0.15) is 6.23 Å². The highest BCUT2D eigenvalue weighted by atomic mass is 16.5. The summed E-state index contributed by atoms with van der Waals surface area (Å²) in [7, 11) is 0. The van der Waals surface area contributed by atoms with E-state index >= 15 is 0 Å². The summed E-state index contributed by atoms with van der Waals surface area (Å²) in [6, 6.07) is 12.1. The summed E-state index contributed by atoms with van der Waals surface area (Å²) in [5, 5.41) is 4.28. The number of pyridine rings is 1. The Morgan fingerprint density at radius 3 is 2.55 bits per heavy atom. The second-order valence-corrected chi connectivity index (χ2v) is 4.57. The summed E-state index contributed by atoms with van der Waals surface area (Å²) < 4.78 is 4.99. The van der Waals surface area contributed by atoms with E-state index in [0.717, 1.165) is 25.2 Å². The molecular weight excluding hydrogens is 278 g/mol. The van der Waals surface area contributed by atoms with Gasteiger partial charge in [0.15, 0.2) is 0 Å². The molecule has 0 bridgehead atoms. The number of benzene rings is 1. The first-order valence-electron chi connectivity index (χ1n) is 7.16. The van der Waals surface area contributed by atoms with Gasteiger partial charge in [-0.05, 0) is 12.1 Å². The van der Waals surface area contributed by atoms with Gasteiger partial charge >= 0.3 is 0 Å². The number of hydrogen-bond acceptors (Lipinski definition) is 5. The smallest absolute Gasteiger partial charge is 0.118 e. The molecule has 0 amide bonds. The summed E-state index contributed by atoms with van der Waals surface area (Å²) in [4.78, 5) is 10.6. The van der Waals surface area contributed by atoms with Gasteiger partial charge in [-0.15, -0.1) is 0 Å². The second kappa shape index (κ2) is 9.62. The van der Waals surface area contributed by atoms with Crippen molar-refractivity contribution in [1.29, 1.82) is 0 Å². The SMILES string of the molecule is NC1CNCCO1.c1c[nH]cn1.c1ccc2ncccc2c1. The number of nitrogens with zero attached hydrogens (tertiary/aromatic N) is 2. The monoisotopic (exact) mass is 299 g/mol. The van der Waals surface area contributed by atoms with Crippen molar-refractivity contribution in [2.45, 2.75) is 6.23 Å². The summed E-state index contributed by atoms with van der Waals surface area (Å²) in [6.45, 7) is 2.48. The van der Waals surface area contributed by atoms with Gasteiger partial charge < -0.3 is 20.8 Å². The number of imidazole rings is 1. The molecule has 0 aliphatic carbocycles. The highest BCUT2D eigenvalue weighted by Crippen LogP contribution is 2.07. The molecule has 1 aromatic carbocycles. The Kier molecular flexibility index (Phi) is 7.04. The lowest BCUT2D eigenvalue weighted by Crippen LogP contribution is -2.43. The van der Waals surface area contributed by atoms with E-state index in [4.69, 9.17) is 10.5 Å². The third-order valence-corrected chi connectivity index (χ3v) is 2.87. The minimum absolute atomic E-state index is 0.0752. The van der Waals surface area contributed by atoms with Crippen LogP contribution >= 0.6 is 0 Å². The Morgan fingerprint density at radius 1 is 1.14 bits per heavy atom. The van der Waals surface area contributed by atoms with Crippen LogP contribution in [0, 0.1) is 0 Å². The first kappa shape index (κ1) is 16.1. The highest BCUT2D eigenvalue weighted by molar-refractivity contribution is 5.77. The molecule has 0 saturated carbocycles. The average molecular weight is 299 g/mol. The number of para-hydroxylation sites is 1. The van der Waals surface area contributed by atoms with E-state index in [2.05, 4.69) is 32.4 Å². The van der Waals surface area contributed by atoms with Crippen LogP contribution in [0.2, 0.25) is 0 Å². The number of rotatable bonds is 0. The fourth-order valence-electron chi connectivity index (χ4n) is 1.82. The van der Waals surface area contributed by atoms with Crippen molar-refractivity contribution >= 4 is 10.9 Å². The minimum atomic E-state index is -0.0752. The molecule has 1 atom stereocenters. The van der Waals surface area contributed by atoms with Gasteiger partial charge in [0.25, 0.3) is 0 Å². The molecule has 1 unspecified atom stereocenters. The van der Waals surface area contributed by atoms with Gasteiger partial charge in [0, 0.05) is 37.1 Å². The number of fused-ring (bicyclic) bond motifs is 1. The van der Waals surface area contributed by atoms with E-state index < -0.39 is 0 Å². The van der Waals surface area contributed by atoms with Gasteiger partial charge in [-0.2, -0.15) is 0 Å². The average Bonchev–Trinajstić information content (AvgIpc) is 3.16. The van der Waals surface area contributed by atoms with Crippen molar-refractivity contribution in [2.24, 2.45) is 5.73 Å². The lowest BCUT2D eigenvalue weighted by atomic mass is 10.2. The maximum atomic E-state index is 5.35. The Balaban J connectivity index is 0.000000129. The van der Waals surface area contributed by atoms with Crippen LogP contribution in [-0.2, 0) is 4.74 Å². The standard InChI is InChI=1S/C9H7N.C4H10N2O.C3H4N2/c1-2-6-9-8(4-1)5-3-7-10-9;5-4-3-6-1-2-7-4;1-2-5-3-4-1/h1-7H;4,6H,1-3,5H2;1-3H,(H,4,5). The van der Waals surface area contributed by atoms with Gasteiger partial charge in [-0.1, -0.05) is 24.3 Å². The van der Waals surface area contributed by atoms with Crippen LogP contribution in [0.4, 0.5) is 0 Å². The van der Waals surface area contributed by atoms with Crippen molar-refractivity contribution in [3.63, 3.8) is 0 Å². The summed E-state index contributed by atoms with van der Waals surface area (Å²) in [5.74, 6) is 0. The number of morpholine rings is 1. The molecule has 0 spiro atoms. The Bertz CT molecular complexity index is 541. The summed E-state index contributed by atoms with van der Waals surface area (Å²) in [6.07, 6.45) is 6.82. The Labute approximate surface area is 129 Å². The normalized spacial score (nSPS) is 16.9. The molecule has 3 aromatic rings. The number of aromatic nitrogens is 3. The van der Waals surface area contributed by atoms with Crippen molar-refractivity contribution in [1.82, 2.24) is 20.3 Å². The Hall–Kier alpha value is -2.28. The van der Waals surface area contributed by atoms with Crippen LogP contribution in [0.15, 0.2) is 61.3 Å². The molecule has 6 heteroatoms. The maximum absolute atomic E-state index is 5.35. The van der Waals surface area contributed by atoms with E-state index in [1.54, 1.807) is 18.7 Å². The fraction of sp³-hybridized carbons (Fsp3) is 0.250. The lowest BCUT2D eigenvalue weighted by molar-refractivity contribution is 0.0331. The van der Waals surface area contributed by atoms with E-state index in [-0.39, 0.29) is 6.23 Å². The molecular formula is C16H21N5O. The van der Waals surface area contributed by atoms with E-state index in [1.165, 1.54) is 5.39 Å². The third-order valence-electron chi connectivity index (χ3n) is 2.87. The maximum Gasteiger partial charge on any atom is 0.118 e. The number of nitrogens with one attached hydrogen (secondary N) is 2. The van der Waals surface area contributed by atoms with Crippen LogP contribution in [0.1, 0.15) is 0 Å². The topological polar surface area (TPSA) is 88.9 Å². The van der Waals surface area contributed by atoms with E-state index in [9.17, 15) is 0 Å². The highest BCUT2D eigenvalue weighted by Gasteiger charge is 2.05. The zero-order chi connectivity index (χ0) is 15.5. The zero-order valence-corrected chi connectivity index (χ0v) is 12.4. The van der Waals surface area contributed by atoms with Gasteiger partial charge in [-0.25, -0.2) is 4.98 Å². The molecule has 0 radical (unpaired) electrons. The van der Waals surface area contributed by atoms with Crippen molar-refractivity contribution in [3.8, 4) is 0 Å². The number of ether oxygens (including phenoxy) is 1. The predicted molar refractivity (Wildman–Crippen MR) is 87.1 cm³/mol. The molecule has 6 nitrogen and oxygen atoms in total. The molecule has 1 aliphatic heterocycles. The van der Waals surface area contributed by atoms with Gasteiger partial charge in [0.05, 0.1) is 18.5 Å². The molecule has 3 heterocycles. The minimum Gasteiger partial charge on any atom is -0.361 e. The summed E-state index contributed by atoms with van der Waals surface area (Å²) in [5.41, 5.74) is 6.41. The molecule has 4 N–H and O–H groups in total. The van der Waals surface area contributed by atoms with Crippen LogP contribution in [0.3, 0.4) is 0 Å². The molecule has 1 aliphatic rings. The first-order chi connectivity index (χ1) is 10.9. The molecule has 4 rings (SSSR count). The van der Waals surface area contributed by atoms with Crippen LogP contribution < -0.4 is 11.1 Å². The van der Waals surface area contributed by atoms with Crippen LogP contribution in [0.25, 0.3) is 10.9 Å². The first-order valence-corrected chi connectivity index (χ1v) is 7.16. The molecule has 1 saturated heterocycles. The summed E-state index contributed by atoms with van der Waals surface area (Å²) >= 11 is 0. The van der Waals surface area contributed by atoms with Crippen molar-refractivity contribution in [3.05, 3.63) is 61.3 Å². The van der Waals surface area contributed by atoms with Crippen LogP contribution in [-0.4, -0.2) is 40.9 Å².